The second-order valence-corrected chi connectivity index (χ2v) is 7.33. The molecule has 0 unspecified atom stereocenters. The van der Waals surface area contributed by atoms with Crippen molar-refractivity contribution >= 4 is 15.5 Å². The highest BCUT2D eigenvalue weighted by atomic mass is 32.2. The minimum absolute atomic E-state index is 0.0448. The number of para-hydroxylation sites is 1. The first-order valence-electron chi connectivity index (χ1n) is 6.11. The van der Waals surface area contributed by atoms with Crippen LogP contribution in [0.2, 0.25) is 0 Å². The maximum absolute atomic E-state index is 11.5. The zero-order valence-corrected chi connectivity index (χ0v) is 11.3. The first-order chi connectivity index (χ1) is 8.46. The molecule has 4 nitrogen and oxygen atoms in total. The van der Waals surface area contributed by atoms with E-state index < -0.39 is 15.4 Å². The number of hydrogen-bond acceptors (Lipinski definition) is 4. The number of aliphatic hydroxyl groups excluding tert-OH is 1. The lowest BCUT2D eigenvalue weighted by atomic mass is 9.92. The summed E-state index contributed by atoms with van der Waals surface area (Å²) < 4.78 is 22.9. The summed E-state index contributed by atoms with van der Waals surface area (Å²) in [5.74, 6) is 0.291. The van der Waals surface area contributed by atoms with Crippen LogP contribution in [0, 0.1) is 6.92 Å². The predicted molar refractivity (Wildman–Crippen MR) is 72.5 cm³/mol. The highest BCUT2D eigenvalue weighted by Crippen LogP contribution is 2.29. The second-order valence-electron chi connectivity index (χ2n) is 5.03. The van der Waals surface area contributed by atoms with Gasteiger partial charge < -0.3 is 10.4 Å². The highest BCUT2D eigenvalue weighted by Gasteiger charge is 2.36. The van der Waals surface area contributed by atoms with Gasteiger partial charge in [-0.1, -0.05) is 18.2 Å². The Labute approximate surface area is 108 Å². The zero-order chi connectivity index (χ0) is 13.2. The van der Waals surface area contributed by atoms with Crippen molar-refractivity contribution in [3.05, 3.63) is 29.8 Å². The Balaban J connectivity index is 2.18. The Morgan fingerprint density at radius 2 is 1.89 bits per heavy atom. The minimum Gasteiger partial charge on any atom is -0.394 e. The van der Waals surface area contributed by atoms with E-state index in [4.69, 9.17) is 0 Å². The Morgan fingerprint density at radius 3 is 2.44 bits per heavy atom. The molecule has 1 aliphatic rings. The predicted octanol–water partition coefficient (Wildman–Crippen LogP) is 1.35. The molecular weight excluding hydrogens is 250 g/mol. The van der Waals surface area contributed by atoms with Gasteiger partial charge in [0.25, 0.3) is 0 Å². The van der Waals surface area contributed by atoms with Gasteiger partial charge in [-0.2, -0.15) is 0 Å². The molecular formula is C13H19NO3S. The molecule has 18 heavy (non-hydrogen) atoms. The fraction of sp³-hybridized carbons (Fsp3) is 0.538. The van der Waals surface area contributed by atoms with Crippen molar-refractivity contribution in [2.24, 2.45) is 0 Å². The lowest BCUT2D eigenvalue weighted by Crippen LogP contribution is -2.48. The molecule has 100 valence electrons. The first kappa shape index (κ1) is 13.4. The summed E-state index contributed by atoms with van der Waals surface area (Å²) in [5, 5.41) is 12.9. The highest BCUT2D eigenvalue weighted by molar-refractivity contribution is 7.91. The van der Waals surface area contributed by atoms with Gasteiger partial charge in [0.1, 0.15) is 0 Å². The minimum atomic E-state index is -2.92. The molecule has 0 spiro atoms. The molecule has 1 fully saturated rings. The smallest absolute Gasteiger partial charge is 0.150 e. The molecule has 0 amide bonds. The number of hydrogen-bond donors (Lipinski definition) is 2. The molecule has 1 aromatic rings. The van der Waals surface area contributed by atoms with E-state index in [0.717, 1.165) is 11.3 Å². The number of rotatable bonds is 3. The molecule has 1 aliphatic heterocycles. The van der Waals surface area contributed by atoms with Crippen LogP contribution in [-0.2, 0) is 9.84 Å². The summed E-state index contributed by atoms with van der Waals surface area (Å²) in [6.07, 6.45) is 0.917. The maximum Gasteiger partial charge on any atom is 0.150 e. The Morgan fingerprint density at radius 1 is 1.28 bits per heavy atom. The van der Waals surface area contributed by atoms with Crippen LogP contribution < -0.4 is 5.32 Å². The Hall–Kier alpha value is -1.07. The molecule has 1 saturated heterocycles. The number of anilines is 1. The van der Waals surface area contributed by atoms with Crippen LogP contribution in [0.4, 0.5) is 5.69 Å². The molecule has 0 radical (unpaired) electrons. The summed E-state index contributed by atoms with van der Waals surface area (Å²) in [6, 6.07) is 7.83. The van der Waals surface area contributed by atoms with E-state index in [1.54, 1.807) is 0 Å². The third-order valence-electron chi connectivity index (χ3n) is 3.63. The van der Waals surface area contributed by atoms with E-state index in [0.29, 0.717) is 12.8 Å². The lowest BCUT2D eigenvalue weighted by Gasteiger charge is -2.37. The summed E-state index contributed by atoms with van der Waals surface area (Å²) in [4.78, 5) is 0. The van der Waals surface area contributed by atoms with Gasteiger partial charge in [0.15, 0.2) is 9.84 Å². The molecule has 1 heterocycles. The molecule has 0 aliphatic carbocycles. The van der Waals surface area contributed by atoms with E-state index in [2.05, 4.69) is 5.32 Å². The van der Waals surface area contributed by atoms with Crippen LogP contribution in [0.5, 0.6) is 0 Å². The van der Waals surface area contributed by atoms with Crippen molar-refractivity contribution < 1.29 is 13.5 Å². The van der Waals surface area contributed by atoms with E-state index >= 15 is 0 Å². The average Bonchev–Trinajstić information content (AvgIpc) is 2.35. The molecule has 0 atom stereocenters. The number of sulfone groups is 1. The standard InChI is InChI=1S/C13H19NO3S/c1-11-4-2-3-5-12(11)14-13(10-15)6-8-18(16,17)9-7-13/h2-5,14-15H,6-10H2,1H3. The van der Waals surface area contributed by atoms with Crippen molar-refractivity contribution in [2.75, 3.05) is 23.4 Å². The molecule has 1 aromatic carbocycles. The van der Waals surface area contributed by atoms with Gasteiger partial charge in [-0.05, 0) is 31.4 Å². The number of aliphatic hydroxyl groups is 1. The van der Waals surface area contributed by atoms with Crippen molar-refractivity contribution in [3.8, 4) is 0 Å². The molecule has 0 aromatic heterocycles. The Kier molecular flexibility index (Phi) is 3.64. The third-order valence-corrected chi connectivity index (χ3v) is 5.28. The third kappa shape index (κ3) is 2.84. The van der Waals surface area contributed by atoms with Crippen LogP contribution >= 0.6 is 0 Å². The van der Waals surface area contributed by atoms with E-state index in [9.17, 15) is 13.5 Å². The van der Waals surface area contributed by atoms with Crippen LogP contribution in [0.15, 0.2) is 24.3 Å². The molecule has 0 saturated carbocycles. The van der Waals surface area contributed by atoms with Crippen molar-refractivity contribution in [1.29, 1.82) is 0 Å². The summed E-state index contributed by atoms with van der Waals surface area (Å²) in [7, 11) is -2.92. The van der Waals surface area contributed by atoms with Crippen LogP contribution in [0.3, 0.4) is 0 Å². The topological polar surface area (TPSA) is 66.4 Å². The normalized spacial score (nSPS) is 21.4. The van der Waals surface area contributed by atoms with Gasteiger partial charge in [-0.3, -0.25) is 0 Å². The lowest BCUT2D eigenvalue weighted by molar-refractivity contribution is 0.200. The SMILES string of the molecule is Cc1ccccc1NC1(CO)CCS(=O)(=O)CC1. The average molecular weight is 269 g/mol. The fourth-order valence-electron chi connectivity index (χ4n) is 2.25. The maximum atomic E-state index is 11.5. The van der Waals surface area contributed by atoms with E-state index in [-0.39, 0.29) is 18.1 Å². The number of nitrogens with one attached hydrogen (secondary N) is 1. The zero-order valence-electron chi connectivity index (χ0n) is 10.5. The summed E-state index contributed by atoms with van der Waals surface area (Å²) in [5.41, 5.74) is 1.56. The summed E-state index contributed by atoms with van der Waals surface area (Å²) >= 11 is 0. The van der Waals surface area contributed by atoms with Crippen LogP contribution in [0.1, 0.15) is 18.4 Å². The fourth-order valence-corrected chi connectivity index (χ4v) is 3.86. The first-order valence-corrected chi connectivity index (χ1v) is 7.94. The molecule has 2 rings (SSSR count). The monoisotopic (exact) mass is 269 g/mol. The van der Waals surface area contributed by atoms with E-state index in [1.165, 1.54) is 0 Å². The number of benzene rings is 1. The quantitative estimate of drug-likeness (QED) is 0.869. The summed E-state index contributed by atoms with van der Waals surface area (Å²) in [6.45, 7) is 1.95. The van der Waals surface area contributed by atoms with Gasteiger partial charge >= 0.3 is 0 Å². The largest absolute Gasteiger partial charge is 0.394 e. The molecule has 2 N–H and O–H groups in total. The van der Waals surface area contributed by atoms with Crippen LogP contribution in [-0.4, -0.2) is 37.2 Å². The van der Waals surface area contributed by atoms with Crippen molar-refractivity contribution in [1.82, 2.24) is 0 Å². The Bertz CT molecular complexity index is 511. The number of aryl methyl sites for hydroxylation is 1. The van der Waals surface area contributed by atoms with Gasteiger partial charge in [-0.15, -0.1) is 0 Å². The molecule has 0 bridgehead atoms. The molecule has 5 heteroatoms. The van der Waals surface area contributed by atoms with E-state index in [1.807, 2.05) is 31.2 Å². The van der Waals surface area contributed by atoms with Crippen molar-refractivity contribution in [3.63, 3.8) is 0 Å². The van der Waals surface area contributed by atoms with Crippen LogP contribution in [0.25, 0.3) is 0 Å². The van der Waals surface area contributed by atoms with Gasteiger partial charge in [0.05, 0.1) is 23.7 Å². The van der Waals surface area contributed by atoms with Gasteiger partial charge in [0, 0.05) is 5.69 Å². The second kappa shape index (κ2) is 4.90. The van der Waals surface area contributed by atoms with Gasteiger partial charge in [-0.25, -0.2) is 8.42 Å². The van der Waals surface area contributed by atoms with Gasteiger partial charge in [0.2, 0.25) is 0 Å². The van der Waals surface area contributed by atoms with Crippen molar-refractivity contribution in [2.45, 2.75) is 25.3 Å².